The first-order chi connectivity index (χ1) is 7.56. The van der Waals surface area contributed by atoms with Gasteiger partial charge in [0.15, 0.2) is 3.14 Å². The largest absolute Gasteiger partial charge is 0.514 e. The Kier molecular flexibility index (Phi) is 4.65. The molecule has 16 heavy (non-hydrogen) atoms. The molecular weight excluding hydrogens is 276 g/mol. The normalized spacial score (nSPS) is 9.38. The van der Waals surface area contributed by atoms with Crippen molar-refractivity contribution in [2.75, 3.05) is 14.2 Å². The number of carbonyl (C=O) groups excluding carboxylic acids is 2. The number of methoxy groups -OCH3 is 2. The van der Waals surface area contributed by atoms with Gasteiger partial charge >= 0.3 is 12.3 Å². The minimum Gasteiger partial charge on any atom is -0.437 e. The van der Waals surface area contributed by atoms with E-state index < -0.39 is 12.3 Å². The lowest BCUT2D eigenvalue weighted by atomic mass is 10.9. The number of ether oxygens (including phenoxy) is 4. The monoisotopic (exact) mass is 282 g/mol. The molecule has 0 unspecified atom stereocenters. The summed E-state index contributed by atoms with van der Waals surface area (Å²) < 4.78 is 18.5. The second-order valence-electron chi connectivity index (χ2n) is 2.14. The second-order valence-corrected chi connectivity index (χ2v) is 5.29. The Morgan fingerprint density at radius 2 is 1.38 bits per heavy atom. The molecule has 0 amide bonds. The third-order valence-electron chi connectivity index (χ3n) is 1.20. The summed E-state index contributed by atoms with van der Waals surface area (Å²) in [5.74, 6) is 0. The lowest BCUT2D eigenvalue weighted by Gasteiger charge is -2.02. The maximum Gasteiger partial charge on any atom is 0.514 e. The van der Waals surface area contributed by atoms with Crippen molar-refractivity contribution in [2.45, 2.75) is 0 Å². The van der Waals surface area contributed by atoms with Gasteiger partial charge in [-0.25, -0.2) is 9.59 Å². The molecule has 1 heterocycles. The highest BCUT2D eigenvalue weighted by molar-refractivity contribution is 7.76. The van der Waals surface area contributed by atoms with Crippen LogP contribution in [0.4, 0.5) is 9.59 Å². The average molecular weight is 282 g/mol. The molecule has 1 aromatic heterocycles. The predicted molar refractivity (Wildman–Crippen MR) is 59.1 cm³/mol. The molecule has 0 aliphatic heterocycles. The van der Waals surface area contributed by atoms with Crippen molar-refractivity contribution in [3.05, 3.63) is 3.14 Å². The predicted octanol–water partition coefficient (Wildman–Crippen LogP) is 2.83. The lowest BCUT2D eigenvalue weighted by molar-refractivity contribution is 0.113. The smallest absolute Gasteiger partial charge is 0.437 e. The van der Waals surface area contributed by atoms with Crippen LogP contribution in [-0.2, 0) is 9.47 Å². The number of carbonyl (C=O) groups is 2. The first-order valence-electron chi connectivity index (χ1n) is 3.72. The molecule has 88 valence electrons. The standard InChI is InChI=1S/C7H6O6S3/c1-10-5(8)12-3-4(13-6(9)11-2)16-7(14)15-3/h1-2H3. The lowest BCUT2D eigenvalue weighted by Crippen LogP contribution is -2.10. The van der Waals surface area contributed by atoms with Gasteiger partial charge in [0.1, 0.15) is 0 Å². The molecule has 1 rings (SSSR count). The summed E-state index contributed by atoms with van der Waals surface area (Å²) in [6.45, 7) is 0. The van der Waals surface area contributed by atoms with Gasteiger partial charge in [0.25, 0.3) is 0 Å². The van der Waals surface area contributed by atoms with Gasteiger partial charge in [0.2, 0.25) is 10.1 Å². The van der Waals surface area contributed by atoms with Crippen LogP contribution in [-0.4, -0.2) is 26.5 Å². The molecule has 0 aromatic carbocycles. The van der Waals surface area contributed by atoms with Gasteiger partial charge in [0.05, 0.1) is 14.2 Å². The van der Waals surface area contributed by atoms with Crippen LogP contribution in [0.5, 0.6) is 10.1 Å². The molecule has 0 fully saturated rings. The zero-order chi connectivity index (χ0) is 12.1. The Balaban J connectivity index is 2.87. The molecule has 0 atom stereocenters. The van der Waals surface area contributed by atoms with Crippen molar-refractivity contribution < 1.29 is 28.5 Å². The van der Waals surface area contributed by atoms with Crippen LogP contribution < -0.4 is 9.47 Å². The third kappa shape index (κ3) is 3.43. The highest BCUT2D eigenvalue weighted by Gasteiger charge is 2.18. The Bertz CT molecular complexity index is 409. The van der Waals surface area contributed by atoms with Crippen molar-refractivity contribution in [1.82, 2.24) is 0 Å². The van der Waals surface area contributed by atoms with Gasteiger partial charge in [-0.2, -0.15) is 0 Å². The molecular formula is C7H6O6S3. The summed E-state index contributed by atoms with van der Waals surface area (Å²) in [6, 6.07) is 0. The number of hydrogen-bond acceptors (Lipinski definition) is 9. The van der Waals surface area contributed by atoms with Crippen molar-refractivity contribution in [2.24, 2.45) is 0 Å². The SMILES string of the molecule is COC(=O)Oc1sc(=S)sc1OC(=O)OC. The van der Waals surface area contributed by atoms with E-state index in [1.54, 1.807) is 0 Å². The first-order valence-corrected chi connectivity index (χ1v) is 5.76. The van der Waals surface area contributed by atoms with Crippen LogP contribution in [0.15, 0.2) is 0 Å². The van der Waals surface area contributed by atoms with E-state index >= 15 is 0 Å². The number of hydrogen-bond donors (Lipinski definition) is 0. The summed E-state index contributed by atoms with van der Waals surface area (Å²) in [4.78, 5) is 21.7. The van der Waals surface area contributed by atoms with Crippen LogP contribution >= 0.6 is 34.9 Å². The fourth-order valence-corrected chi connectivity index (χ4v) is 2.71. The Morgan fingerprint density at radius 1 is 1.00 bits per heavy atom. The average Bonchev–Trinajstić information content (AvgIpc) is 2.58. The van der Waals surface area contributed by atoms with E-state index in [0.29, 0.717) is 3.14 Å². The van der Waals surface area contributed by atoms with Crippen LogP contribution in [0.3, 0.4) is 0 Å². The summed E-state index contributed by atoms with van der Waals surface area (Å²) >= 11 is 6.85. The van der Waals surface area contributed by atoms with Gasteiger partial charge in [0, 0.05) is 0 Å². The van der Waals surface area contributed by atoms with Crippen molar-refractivity contribution in [1.29, 1.82) is 0 Å². The summed E-state index contributed by atoms with van der Waals surface area (Å²) in [5.41, 5.74) is 0. The fraction of sp³-hybridized carbons (Fsp3) is 0.286. The summed E-state index contributed by atoms with van der Waals surface area (Å²) in [6.07, 6.45) is -1.84. The molecule has 9 heteroatoms. The van der Waals surface area contributed by atoms with Gasteiger partial charge in [-0.3, -0.25) is 0 Å². The van der Waals surface area contributed by atoms with E-state index in [4.69, 9.17) is 21.7 Å². The molecule has 0 aliphatic rings. The molecule has 0 bridgehead atoms. The highest BCUT2D eigenvalue weighted by atomic mass is 32.2. The summed E-state index contributed by atoms with van der Waals surface area (Å²) in [7, 11) is 2.32. The highest BCUT2D eigenvalue weighted by Crippen LogP contribution is 2.40. The molecule has 0 saturated carbocycles. The van der Waals surface area contributed by atoms with Gasteiger partial charge in [-0.05, 0) is 0 Å². The van der Waals surface area contributed by atoms with Crippen molar-refractivity contribution in [3.63, 3.8) is 0 Å². The van der Waals surface area contributed by atoms with Crippen LogP contribution in [0.1, 0.15) is 0 Å². The molecule has 0 N–H and O–H groups in total. The van der Waals surface area contributed by atoms with E-state index in [1.165, 1.54) is 0 Å². The zero-order valence-corrected chi connectivity index (χ0v) is 10.6. The minimum absolute atomic E-state index is 0.0623. The van der Waals surface area contributed by atoms with E-state index in [0.717, 1.165) is 36.9 Å². The quantitative estimate of drug-likeness (QED) is 0.610. The second kappa shape index (κ2) is 5.77. The third-order valence-corrected chi connectivity index (χ3v) is 3.57. The van der Waals surface area contributed by atoms with Crippen LogP contribution in [0, 0.1) is 3.14 Å². The molecule has 1 aromatic rings. The Morgan fingerprint density at radius 3 is 1.69 bits per heavy atom. The molecule has 0 radical (unpaired) electrons. The first kappa shape index (κ1) is 12.9. The molecule has 0 aliphatic carbocycles. The summed E-state index contributed by atoms with van der Waals surface area (Å²) in [5, 5.41) is 0.125. The molecule has 0 saturated heterocycles. The Hall–Kier alpha value is -1.19. The van der Waals surface area contributed by atoms with E-state index in [1.807, 2.05) is 0 Å². The van der Waals surface area contributed by atoms with Gasteiger partial charge < -0.3 is 18.9 Å². The maximum atomic E-state index is 10.9. The molecule has 0 spiro atoms. The molecule has 6 nitrogen and oxygen atoms in total. The van der Waals surface area contributed by atoms with E-state index in [2.05, 4.69) is 9.47 Å². The maximum absolute atomic E-state index is 10.9. The fourth-order valence-electron chi connectivity index (χ4n) is 0.615. The topological polar surface area (TPSA) is 71.1 Å². The van der Waals surface area contributed by atoms with Crippen LogP contribution in [0.2, 0.25) is 0 Å². The Labute approximate surface area is 103 Å². The van der Waals surface area contributed by atoms with Crippen LogP contribution in [0.25, 0.3) is 0 Å². The van der Waals surface area contributed by atoms with Gasteiger partial charge in [-0.1, -0.05) is 34.9 Å². The minimum atomic E-state index is -0.918. The van der Waals surface area contributed by atoms with Crippen molar-refractivity contribution in [3.8, 4) is 10.1 Å². The van der Waals surface area contributed by atoms with Gasteiger partial charge in [-0.15, -0.1) is 0 Å². The van der Waals surface area contributed by atoms with E-state index in [-0.39, 0.29) is 10.1 Å². The van der Waals surface area contributed by atoms with Crippen molar-refractivity contribution >= 4 is 47.2 Å². The van der Waals surface area contributed by atoms with E-state index in [9.17, 15) is 9.59 Å². The number of rotatable bonds is 2. The zero-order valence-electron chi connectivity index (χ0n) is 8.17.